The number of carbonyl (C=O) groups is 1. The average Bonchev–Trinajstić information content (AvgIpc) is 2.82. The summed E-state index contributed by atoms with van der Waals surface area (Å²) in [5, 5.41) is 3.32. The molecule has 1 aliphatic heterocycles. The summed E-state index contributed by atoms with van der Waals surface area (Å²) >= 11 is 6.02. The third-order valence-corrected chi connectivity index (χ3v) is 5.53. The summed E-state index contributed by atoms with van der Waals surface area (Å²) in [7, 11) is -3.56. The standard InChI is InChI=1S/C17H16ClN3O3S/c1-11-6-7-12(10-14(11)18)20-16(22)8-9-19-17-13-4-2-3-5-15(13)25(23,24)21-17/h2-7,10H,8-9H2,1H3,(H,19,21)(H,20,22). The molecule has 3 rings (SSSR count). The van der Waals surface area contributed by atoms with E-state index in [1.807, 2.05) is 13.0 Å². The minimum atomic E-state index is -3.56. The van der Waals surface area contributed by atoms with Gasteiger partial charge in [0, 0.05) is 22.7 Å². The summed E-state index contributed by atoms with van der Waals surface area (Å²) < 4.78 is 26.4. The fraction of sp³-hybridized carbons (Fsp3) is 0.176. The van der Waals surface area contributed by atoms with E-state index in [1.54, 1.807) is 30.3 Å². The lowest BCUT2D eigenvalue weighted by atomic mass is 10.2. The highest BCUT2D eigenvalue weighted by Crippen LogP contribution is 2.22. The van der Waals surface area contributed by atoms with Gasteiger partial charge in [-0.25, -0.2) is 8.42 Å². The monoisotopic (exact) mass is 377 g/mol. The Bertz CT molecular complexity index is 971. The lowest BCUT2D eigenvalue weighted by Crippen LogP contribution is -2.23. The Balaban J connectivity index is 1.64. The van der Waals surface area contributed by atoms with E-state index in [0.29, 0.717) is 16.3 Å². The Morgan fingerprint density at radius 2 is 2.00 bits per heavy atom. The fourth-order valence-corrected chi connectivity index (χ4v) is 3.85. The van der Waals surface area contributed by atoms with Crippen molar-refractivity contribution in [2.24, 2.45) is 4.99 Å². The highest BCUT2D eigenvalue weighted by atomic mass is 35.5. The summed E-state index contributed by atoms with van der Waals surface area (Å²) in [6, 6.07) is 11.9. The normalized spacial score (nSPS) is 16.3. The first-order chi connectivity index (χ1) is 11.9. The number of anilines is 1. The van der Waals surface area contributed by atoms with E-state index >= 15 is 0 Å². The van der Waals surface area contributed by atoms with Crippen LogP contribution in [0.1, 0.15) is 17.5 Å². The summed E-state index contributed by atoms with van der Waals surface area (Å²) in [6.07, 6.45) is 0.124. The summed E-state index contributed by atoms with van der Waals surface area (Å²) in [6.45, 7) is 2.04. The number of hydrogen-bond acceptors (Lipinski definition) is 4. The number of nitrogens with zero attached hydrogens (tertiary/aromatic N) is 1. The molecule has 2 aromatic rings. The number of halogens is 1. The number of aryl methyl sites for hydroxylation is 1. The molecule has 0 unspecified atom stereocenters. The van der Waals surface area contributed by atoms with Gasteiger partial charge in [-0.3, -0.25) is 14.5 Å². The number of amides is 1. The van der Waals surface area contributed by atoms with Crippen molar-refractivity contribution in [3.8, 4) is 0 Å². The third-order valence-electron chi connectivity index (χ3n) is 3.73. The van der Waals surface area contributed by atoms with Gasteiger partial charge in [0.1, 0.15) is 5.84 Å². The average molecular weight is 378 g/mol. The van der Waals surface area contributed by atoms with Crippen LogP contribution in [0.5, 0.6) is 0 Å². The molecule has 0 saturated heterocycles. The third kappa shape index (κ3) is 3.83. The van der Waals surface area contributed by atoms with E-state index in [9.17, 15) is 13.2 Å². The molecule has 2 N–H and O–H groups in total. The highest BCUT2D eigenvalue weighted by molar-refractivity contribution is 7.90. The molecule has 8 heteroatoms. The van der Waals surface area contributed by atoms with Crippen molar-refractivity contribution in [1.29, 1.82) is 0 Å². The van der Waals surface area contributed by atoms with Gasteiger partial charge in [0.05, 0.1) is 11.4 Å². The summed E-state index contributed by atoms with van der Waals surface area (Å²) in [5.41, 5.74) is 2.06. The topological polar surface area (TPSA) is 87.6 Å². The van der Waals surface area contributed by atoms with Crippen molar-refractivity contribution in [3.63, 3.8) is 0 Å². The first-order valence-corrected chi connectivity index (χ1v) is 9.45. The van der Waals surface area contributed by atoms with Crippen LogP contribution in [0.2, 0.25) is 5.02 Å². The first-order valence-electron chi connectivity index (χ1n) is 7.59. The van der Waals surface area contributed by atoms with E-state index in [0.717, 1.165) is 5.56 Å². The molecule has 0 saturated carbocycles. The number of carbonyl (C=O) groups excluding carboxylic acids is 1. The molecule has 0 aliphatic carbocycles. The Kier molecular flexibility index (Phi) is 4.78. The number of aliphatic imine (C=N–C) groups is 1. The number of hydrogen-bond donors (Lipinski definition) is 2. The zero-order valence-corrected chi connectivity index (χ0v) is 15.0. The van der Waals surface area contributed by atoms with Crippen LogP contribution in [-0.4, -0.2) is 26.7 Å². The van der Waals surface area contributed by atoms with E-state index in [-0.39, 0.29) is 29.6 Å². The van der Waals surface area contributed by atoms with Crippen molar-refractivity contribution in [3.05, 3.63) is 58.6 Å². The molecule has 0 atom stereocenters. The smallest absolute Gasteiger partial charge is 0.263 e. The van der Waals surface area contributed by atoms with Crippen molar-refractivity contribution in [2.75, 3.05) is 11.9 Å². The number of benzene rings is 2. The SMILES string of the molecule is Cc1ccc(NC(=O)CCN=C2NS(=O)(=O)c3ccccc32)cc1Cl. The second-order valence-electron chi connectivity index (χ2n) is 5.59. The molecule has 130 valence electrons. The van der Waals surface area contributed by atoms with Gasteiger partial charge >= 0.3 is 0 Å². The molecule has 6 nitrogen and oxygen atoms in total. The number of amidine groups is 1. The second kappa shape index (κ2) is 6.85. The molecule has 0 aromatic heterocycles. The molecular weight excluding hydrogens is 362 g/mol. The van der Waals surface area contributed by atoms with Gasteiger partial charge in [-0.05, 0) is 36.8 Å². The lowest BCUT2D eigenvalue weighted by molar-refractivity contribution is -0.116. The van der Waals surface area contributed by atoms with Crippen LogP contribution < -0.4 is 10.0 Å². The van der Waals surface area contributed by atoms with Gasteiger partial charge in [0.2, 0.25) is 5.91 Å². The Morgan fingerprint density at radius 3 is 2.76 bits per heavy atom. The van der Waals surface area contributed by atoms with Crippen molar-refractivity contribution < 1.29 is 13.2 Å². The predicted octanol–water partition coefficient (Wildman–Crippen LogP) is 2.72. The molecule has 0 radical (unpaired) electrons. The van der Waals surface area contributed by atoms with Gasteiger partial charge in [0.15, 0.2) is 0 Å². The molecule has 0 fully saturated rings. The van der Waals surface area contributed by atoms with Crippen LogP contribution in [0.25, 0.3) is 0 Å². The molecule has 1 amide bonds. The van der Waals surface area contributed by atoms with E-state index in [4.69, 9.17) is 11.6 Å². The maximum atomic E-state index is 12.0. The van der Waals surface area contributed by atoms with Gasteiger partial charge < -0.3 is 5.32 Å². The van der Waals surface area contributed by atoms with Gasteiger partial charge in [-0.15, -0.1) is 0 Å². The Morgan fingerprint density at radius 1 is 1.24 bits per heavy atom. The van der Waals surface area contributed by atoms with Crippen LogP contribution >= 0.6 is 11.6 Å². The number of fused-ring (bicyclic) bond motifs is 1. The quantitative estimate of drug-likeness (QED) is 0.858. The molecule has 25 heavy (non-hydrogen) atoms. The van der Waals surface area contributed by atoms with Gasteiger partial charge in [-0.2, -0.15) is 0 Å². The fourth-order valence-electron chi connectivity index (χ4n) is 2.41. The maximum absolute atomic E-state index is 12.0. The lowest BCUT2D eigenvalue weighted by Gasteiger charge is -2.06. The van der Waals surface area contributed by atoms with Crippen molar-refractivity contribution in [1.82, 2.24) is 4.72 Å². The van der Waals surface area contributed by atoms with Crippen molar-refractivity contribution >= 4 is 39.1 Å². The van der Waals surface area contributed by atoms with Gasteiger partial charge in [0.25, 0.3) is 10.0 Å². The van der Waals surface area contributed by atoms with Gasteiger partial charge in [-0.1, -0.05) is 29.8 Å². The number of rotatable bonds is 4. The van der Waals surface area contributed by atoms with E-state index in [1.165, 1.54) is 6.07 Å². The number of nitrogens with one attached hydrogen (secondary N) is 2. The van der Waals surface area contributed by atoms with Crippen LogP contribution in [0.4, 0.5) is 5.69 Å². The molecule has 0 bridgehead atoms. The molecule has 0 spiro atoms. The minimum Gasteiger partial charge on any atom is -0.326 e. The Hall–Kier alpha value is -2.38. The van der Waals surface area contributed by atoms with Crippen LogP contribution in [-0.2, 0) is 14.8 Å². The molecule has 2 aromatic carbocycles. The van der Waals surface area contributed by atoms with E-state index in [2.05, 4.69) is 15.0 Å². The van der Waals surface area contributed by atoms with Crippen LogP contribution in [0.15, 0.2) is 52.4 Å². The zero-order chi connectivity index (χ0) is 18.0. The number of sulfonamides is 1. The summed E-state index contributed by atoms with van der Waals surface area (Å²) in [5.74, 6) is 0.0418. The molecule has 1 heterocycles. The highest BCUT2D eigenvalue weighted by Gasteiger charge is 2.29. The molecule has 1 aliphatic rings. The van der Waals surface area contributed by atoms with E-state index < -0.39 is 10.0 Å². The summed E-state index contributed by atoms with van der Waals surface area (Å²) in [4.78, 5) is 16.4. The van der Waals surface area contributed by atoms with Crippen LogP contribution in [0, 0.1) is 6.92 Å². The minimum absolute atomic E-state index is 0.124. The Labute approximate surface area is 151 Å². The first kappa shape index (κ1) is 17.4. The second-order valence-corrected chi connectivity index (χ2v) is 7.65. The maximum Gasteiger partial charge on any atom is 0.263 e. The zero-order valence-electron chi connectivity index (χ0n) is 13.4. The largest absolute Gasteiger partial charge is 0.326 e. The van der Waals surface area contributed by atoms with Crippen LogP contribution in [0.3, 0.4) is 0 Å². The molecular formula is C17H16ClN3O3S. The van der Waals surface area contributed by atoms with Crippen molar-refractivity contribution in [2.45, 2.75) is 18.2 Å². The predicted molar refractivity (Wildman–Crippen MR) is 97.6 cm³/mol.